The number of ether oxygens (including phenoxy) is 1. The van der Waals surface area contributed by atoms with E-state index >= 15 is 0 Å². The van der Waals surface area contributed by atoms with Gasteiger partial charge < -0.3 is 14.7 Å². The number of anilines is 1. The molecule has 0 spiro atoms. The predicted molar refractivity (Wildman–Crippen MR) is 104 cm³/mol. The van der Waals surface area contributed by atoms with Crippen LogP contribution in [0.3, 0.4) is 0 Å². The van der Waals surface area contributed by atoms with Crippen molar-refractivity contribution >= 4 is 17.2 Å². The molecule has 0 atom stereocenters. The van der Waals surface area contributed by atoms with Crippen LogP contribution in [0.15, 0.2) is 36.7 Å². The number of aryl methyl sites for hydroxylation is 2. The third-order valence-corrected chi connectivity index (χ3v) is 5.59. The molecular weight excluding hydrogens is 346 g/mol. The van der Waals surface area contributed by atoms with E-state index in [4.69, 9.17) is 4.74 Å². The van der Waals surface area contributed by atoms with Crippen LogP contribution >= 0.6 is 11.3 Å². The molecule has 2 aromatic heterocycles. The molecule has 1 aromatic carbocycles. The Morgan fingerprint density at radius 3 is 2.88 bits per heavy atom. The molecule has 5 nitrogen and oxygen atoms in total. The summed E-state index contributed by atoms with van der Waals surface area (Å²) in [5, 5.41) is 10.5. The van der Waals surface area contributed by atoms with Crippen LogP contribution in [0.5, 0.6) is 11.5 Å². The van der Waals surface area contributed by atoms with Crippen LogP contribution in [-0.2, 0) is 13.0 Å². The molecule has 0 saturated carbocycles. The van der Waals surface area contributed by atoms with Crippen molar-refractivity contribution in [3.8, 4) is 21.9 Å². The van der Waals surface area contributed by atoms with Gasteiger partial charge in [-0.2, -0.15) is 0 Å². The molecule has 0 radical (unpaired) electrons. The van der Waals surface area contributed by atoms with Crippen molar-refractivity contribution in [3.63, 3.8) is 0 Å². The zero-order valence-electron chi connectivity index (χ0n) is 14.9. The number of aromatic nitrogens is 2. The van der Waals surface area contributed by atoms with Gasteiger partial charge in [0.25, 0.3) is 0 Å². The van der Waals surface area contributed by atoms with Gasteiger partial charge in [-0.3, -0.25) is 0 Å². The second-order valence-corrected chi connectivity index (χ2v) is 7.67. The fourth-order valence-corrected chi connectivity index (χ4v) is 4.03. The van der Waals surface area contributed by atoms with Crippen molar-refractivity contribution in [1.82, 2.24) is 9.97 Å². The molecule has 1 N–H and O–H groups in total. The first-order valence-electron chi connectivity index (χ1n) is 8.75. The molecule has 6 heteroatoms. The van der Waals surface area contributed by atoms with Gasteiger partial charge in [-0.25, -0.2) is 9.97 Å². The Labute approximate surface area is 156 Å². The van der Waals surface area contributed by atoms with Gasteiger partial charge in [0, 0.05) is 33.6 Å². The molecule has 1 aliphatic heterocycles. The summed E-state index contributed by atoms with van der Waals surface area (Å²) in [6.45, 7) is 6.02. The number of fused-ring (bicyclic) bond motifs is 1. The van der Waals surface area contributed by atoms with Crippen LogP contribution in [0, 0.1) is 6.92 Å². The fourth-order valence-electron chi connectivity index (χ4n) is 3.18. The van der Waals surface area contributed by atoms with Gasteiger partial charge in [-0.15, -0.1) is 11.3 Å². The summed E-state index contributed by atoms with van der Waals surface area (Å²) in [7, 11) is 0. The number of aromatic hydroxyl groups is 1. The third kappa shape index (κ3) is 3.24. The van der Waals surface area contributed by atoms with Crippen LogP contribution in [0.2, 0.25) is 0 Å². The molecule has 0 aliphatic carbocycles. The van der Waals surface area contributed by atoms with E-state index < -0.39 is 0 Å². The highest BCUT2D eigenvalue weighted by atomic mass is 32.1. The van der Waals surface area contributed by atoms with E-state index in [2.05, 4.69) is 46.9 Å². The third-order valence-electron chi connectivity index (χ3n) is 4.54. The highest BCUT2D eigenvalue weighted by molar-refractivity contribution is 7.15. The number of benzene rings is 1. The SMILES string of the molecule is CCc1cc(N2CCOc3c(O)cc(-c4ccc(C)s4)cc3C2)ncn1. The van der Waals surface area contributed by atoms with Crippen molar-refractivity contribution in [2.45, 2.75) is 26.8 Å². The monoisotopic (exact) mass is 367 g/mol. The van der Waals surface area contributed by atoms with E-state index in [1.54, 1.807) is 23.7 Å². The highest BCUT2D eigenvalue weighted by Crippen LogP contribution is 2.39. The molecule has 0 fully saturated rings. The molecule has 0 unspecified atom stereocenters. The van der Waals surface area contributed by atoms with Gasteiger partial charge in [-0.05, 0) is 43.2 Å². The van der Waals surface area contributed by atoms with Crippen LogP contribution in [0.4, 0.5) is 5.82 Å². The van der Waals surface area contributed by atoms with Crippen molar-refractivity contribution in [1.29, 1.82) is 0 Å². The Kier molecular flexibility index (Phi) is 4.51. The van der Waals surface area contributed by atoms with Crippen molar-refractivity contribution in [3.05, 3.63) is 52.8 Å². The number of phenolic OH excluding ortho intramolecular Hbond substituents is 1. The summed E-state index contributed by atoms with van der Waals surface area (Å²) >= 11 is 1.72. The Morgan fingerprint density at radius 2 is 2.12 bits per heavy atom. The van der Waals surface area contributed by atoms with Crippen LogP contribution in [0.1, 0.15) is 23.1 Å². The quantitative estimate of drug-likeness (QED) is 0.752. The molecule has 134 valence electrons. The van der Waals surface area contributed by atoms with Gasteiger partial charge in [0.1, 0.15) is 18.8 Å². The topological polar surface area (TPSA) is 58.5 Å². The number of hydrogen-bond acceptors (Lipinski definition) is 6. The zero-order chi connectivity index (χ0) is 18.1. The number of nitrogens with zero attached hydrogens (tertiary/aromatic N) is 3. The minimum atomic E-state index is 0.197. The molecule has 0 saturated heterocycles. The number of thiophene rings is 1. The van der Waals surface area contributed by atoms with Crippen LogP contribution in [0.25, 0.3) is 10.4 Å². The summed E-state index contributed by atoms with van der Waals surface area (Å²) in [6.07, 6.45) is 2.49. The lowest BCUT2D eigenvalue weighted by molar-refractivity contribution is 0.311. The first kappa shape index (κ1) is 16.8. The smallest absolute Gasteiger partial charge is 0.166 e. The maximum absolute atomic E-state index is 10.5. The molecule has 26 heavy (non-hydrogen) atoms. The van der Waals surface area contributed by atoms with Gasteiger partial charge in [0.05, 0.1) is 6.54 Å². The van der Waals surface area contributed by atoms with Crippen molar-refractivity contribution in [2.75, 3.05) is 18.1 Å². The van der Waals surface area contributed by atoms with Gasteiger partial charge >= 0.3 is 0 Å². The number of hydrogen-bond donors (Lipinski definition) is 1. The molecular formula is C20H21N3O2S. The summed E-state index contributed by atoms with van der Waals surface area (Å²) < 4.78 is 5.85. The van der Waals surface area contributed by atoms with E-state index in [0.29, 0.717) is 25.4 Å². The Hall–Kier alpha value is -2.60. The molecule has 3 aromatic rings. The van der Waals surface area contributed by atoms with E-state index in [1.165, 1.54) is 4.88 Å². The van der Waals surface area contributed by atoms with Gasteiger partial charge in [-0.1, -0.05) is 6.92 Å². The largest absolute Gasteiger partial charge is 0.504 e. The van der Waals surface area contributed by atoms with E-state index in [-0.39, 0.29) is 5.75 Å². The standard InChI is InChI=1S/C20H21N3O2S/c1-3-16-10-19(22-12-21-16)23-6-7-25-20-15(11-23)8-14(9-17(20)24)18-5-4-13(2)26-18/h4-5,8-10,12,24H,3,6-7,11H2,1-2H3. The Morgan fingerprint density at radius 1 is 1.23 bits per heavy atom. The summed E-state index contributed by atoms with van der Waals surface area (Å²) in [5.74, 6) is 1.67. The minimum Gasteiger partial charge on any atom is -0.504 e. The number of phenols is 1. The van der Waals surface area contributed by atoms with Gasteiger partial charge in [0.2, 0.25) is 0 Å². The molecule has 1 aliphatic rings. The van der Waals surface area contributed by atoms with Crippen molar-refractivity contribution in [2.24, 2.45) is 0 Å². The molecule has 3 heterocycles. The summed E-state index contributed by atoms with van der Waals surface area (Å²) in [4.78, 5) is 13.3. The lowest BCUT2D eigenvalue weighted by atomic mass is 10.1. The number of rotatable bonds is 3. The summed E-state index contributed by atoms with van der Waals surface area (Å²) in [6, 6.07) is 10.1. The Balaban J connectivity index is 1.71. The highest BCUT2D eigenvalue weighted by Gasteiger charge is 2.21. The summed E-state index contributed by atoms with van der Waals surface area (Å²) in [5.41, 5.74) is 3.01. The van der Waals surface area contributed by atoms with Crippen LogP contribution in [-0.4, -0.2) is 28.2 Å². The maximum Gasteiger partial charge on any atom is 0.166 e. The van der Waals surface area contributed by atoms with E-state index in [9.17, 15) is 5.11 Å². The zero-order valence-corrected chi connectivity index (χ0v) is 15.7. The average molecular weight is 367 g/mol. The normalized spacial score (nSPS) is 13.8. The first-order valence-corrected chi connectivity index (χ1v) is 9.57. The molecule has 4 rings (SSSR count). The van der Waals surface area contributed by atoms with E-state index in [1.807, 2.05) is 6.07 Å². The van der Waals surface area contributed by atoms with E-state index in [0.717, 1.165) is 33.9 Å². The maximum atomic E-state index is 10.5. The Bertz CT molecular complexity index is 939. The lowest BCUT2D eigenvalue weighted by Gasteiger charge is -2.21. The average Bonchev–Trinajstić information content (AvgIpc) is 2.96. The molecule has 0 amide bonds. The fraction of sp³-hybridized carbons (Fsp3) is 0.300. The second kappa shape index (κ2) is 6.96. The van der Waals surface area contributed by atoms with Crippen molar-refractivity contribution < 1.29 is 9.84 Å². The minimum absolute atomic E-state index is 0.197. The first-order chi connectivity index (χ1) is 12.6. The lowest BCUT2D eigenvalue weighted by Crippen LogP contribution is -2.26. The van der Waals surface area contributed by atoms with Crippen LogP contribution < -0.4 is 9.64 Å². The molecule has 0 bridgehead atoms. The second-order valence-electron chi connectivity index (χ2n) is 6.39. The predicted octanol–water partition coefficient (Wildman–Crippen LogP) is 4.18. The van der Waals surface area contributed by atoms with Gasteiger partial charge in [0.15, 0.2) is 11.5 Å².